The lowest BCUT2D eigenvalue weighted by atomic mass is 10.5. The molecule has 0 aromatic rings. The van der Waals surface area contributed by atoms with Gasteiger partial charge in [0.05, 0.1) is 6.67 Å². The van der Waals surface area contributed by atoms with Gasteiger partial charge in [-0.05, 0) is 0 Å². The molecule has 0 bridgehead atoms. The molecule has 0 amide bonds. The molecule has 2 nitrogen and oxygen atoms in total. The van der Waals surface area contributed by atoms with E-state index < -0.39 is 12.2 Å². The summed E-state index contributed by atoms with van der Waals surface area (Å²) in [4.78, 5) is 9.35. The lowest BCUT2D eigenvalue weighted by molar-refractivity contribution is 0.468. The third-order valence-electron chi connectivity index (χ3n) is 0.462. The summed E-state index contributed by atoms with van der Waals surface area (Å²) >= 11 is 5.05. The van der Waals surface area contributed by atoms with Crippen molar-refractivity contribution in [3.8, 4) is 0 Å². The Morgan fingerprint density at radius 3 is 2.57 bits per heavy atom. The minimum absolute atomic E-state index is 0.0189. The van der Waals surface area contributed by atoms with Crippen molar-refractivity contribution in [3.63, 3.8) is 0 Å². The van der Waals surface area contributed by atoms with E-state index in [0.29, 0.717) is 0 Å². The van der Waals surface area contributed by atoms with Gasteiger partial charge in [0.2, 0.25) is 0 Å². The van der Waals surface area contributed by atoms with Crippen molar-refractivity contribution < 1.29 is 4.39 Å². The van der Waals surface area contributed by atoms with Gasteiger partial charge in [-0.1, -0.05) is 16.8 Å². The monoisotopic (exact) mass is 125 g/mol. The lowest BCUT2D eigenvalue weighted by Gasteiger charge is -1.89. The Hall–Kier alpha value is -0.180. The molecule has 7 heavy (non-hydrogen) atoms. The van der Waals surface area contributed by atoms with E-state index in [4.69, 9.17) is 11.6 Å². The predicted octanol–water partition coefficient (Wildman–Crippen LogP) is 1.68. The molecule has 0 aliphatic rings. The first-order chi connectivity index (χ1) is 3.31. The molecule has 0 spiro atoms. The topological polar surface area (TPSA) is 29.4 Å². The van der Waals surface area contributed by atoms with E-state index >= 15 is 0 Å². The molecule has 0 radical (unpaired) electrons. The lowest BCUT2D eigenvalue weighted by Crippen LogP contribution is -1.91. The minimum atomic E-state index is -0.884. The number of hydrogen-bond donors (Lipinski definition) is 0. The Morgan fingerprint density at radius 1 is 1.86 bits per heavy atom. The van der Waals surface area contributed by atoms with Crippen LogP contribution in [0.15, 0.2) is 5.18 Å². The minimum Gasteiger partial charge on any atom is -0.251 e. The van der Waals surface area contributed by atoms with Crippen LogP contribution in [-0.2, 0) is 0 Å². The summed E-state index contributed by atoms with van der Waals surface area (Å²) in [5, 5.41) is 2.35. The fourth-order valence-electron chi connectivity index (χ4n) is 0.143. The van der Waals surface area contributed by atoms with Crippen molar-refractivity contribution in [2.24, 2.45) is 5.18 Å². The fourth-order valence-corrected chi connectivity index (χ4v) is 0.225. The molecule has 4 heteroatoms. The fraction of sp³-hybridized carbons (Fsp3) is 1.00. The zero-order valence-corrected chi connectivity index (χ0v) is 4.36. The summed E-state index contributed by atoms with van der Waals surface area (Å²) in [7, 11) is 0. The summed E-state index contributed by atoms with van der Waals surface area (Å²) in [6.07, 6.45) is 0.0189. The van der Waals surface area contributed by atoms with Crippen LogP contribution in [0, 0.1) is 4.91 Å². The van der Waals surface area contributed by atoms with Crippen LogP contribution in [0.3, 0.4) is 0 Å². The first kappa shape index (κ1) is 6.82. The Balaban J connectivity index is 2.98. The average molecular weight is 126 g/mol. The van der Waals surface area contributed by atoms with E-state index in [2.05, 4.69) is 5.18 Å². The smallest absolute Gasteiger partial charge is 0.168 e. The Labute approximate surface area is 45.6 Å². The molecule has 0 N–H and O–H groups in total. The molecular weight excluding hydrogens is 120 g/mol. The number of halogens is 2. The van der Waals surface area contributed by atoms with Gasteiger partial charge < -0.3 is 0 Å². The number of hydrogen-bond acceptors (Lipinski definition) is 2. The summed E-state index contributed by atoms with van der Waals surface area (Å²) in [5.41, 5.74) is -0.884. The molecule has 0 aromatic heterocycles. The molecule has 0 saturated heterocycles. The van der Waals surface area contributed by atoms with E-state index in [1.165, 1.54) is 0 Å². The van der Waals surface area contributed by atoms with Gasteiger partial charge in [-0.3, -0.25) is 4.39 Å². The average Bonchev–Trinajstić information content (AvgIpc) is 1.68. The highest BCUT2D eigenvalue weighted by atomic mass is 35.5. The summed E-state index contributed by atoms with van der Waals surface area (Å²) in [5.74, 6) is 0. The molecule has 0 fully saturated rings. The van der Waals surface area contributed by atoms with Crippen LogP contribution < -0.4 is 0 Å². The van der Waals surface area contributed by atoms with E-state index in [1.54, 1.807) is 0 Å². The maximum atomic E-state index is 11.1. The van der Waals surface area contributed by atoms with Crippen LogP contribution in [0.4, 0.5) is 4.39 Å². The molecule has 0 aromatic carbocycles. The van der Waals surface area contributed by atoms with E-state index in [-0.39, 0.29) is 6.42 Å². The van der Waals surface area contributed by atoms with Crippen LogP contribution in [-0.4, -0.2) is 12.2 Å². The first-order valence-corrected chi connectivity index (χ1v) is 2.27. The van der Waals surface area contributed by atoms with Crippen LogP contribution in [0.25, 0.3) is 0 Å². The van der Waals surface area contributed by atoms with Gasteiger partial charge in [-0.15, -0.1) is 4.91 Å². The SMILES string of the molecule is O=NC(Cl)CCF. The highest BCUT2D eigenvalue weighted by Crippen LogP contribution is 2.01. The second-order valence-electron chi connectivity index (χ2n) is 1.02. The van der Waals surface area contributed by atoms with Crippen LogP contribution >= 0.6 is 11.6 Å². The summed E-state index contributed by atoms with van der Waals surface area (Å²) in [6.45, 7) is -0.583. The van der Waals surface area contributed by atoms with Crippen LogP contribution in [0.5, 0.6) is 0 Å². The molecule has 0 heterocycles. The van der Waals surface area contributed by atoms with Crippen LogP contribution in [0.2, 0.25) is 0 Å². The van der Waals surface area contributed by atoms with Crippen molar-refractivity contribution in [2.45, 2.75) is 11.9 Å². The van der Waals surface area contributed by atoms with Gasteiger partial charge in [0.1, 0.15) is 0 Å². The maximum absolute atomic E-state index is 11.1. The number of nitroso groups, excluding NO2 is 1. The molecule has 1 atom stereocenters. The molecule has 0 saturated carbocycles. The highest BCUT2D eigenvalue weighted by molar-refractivity contribution is 6.20. The zero-order chi connectivity index (χ0) is 5.70. The van der Waals surface area contributed by atoms with Crippen LogP contribution in [0.1, 0.15) is 6.42 Å². The summed E-state index contributed by atoms with van der Waals surface area (Å²) < 4.78 is 11.1. The van der Waals surface area contributed by atoms with Crippen molar-refractivity contribution in [2.75, 3.05) is 6.67 Å². The van der Waals surface area contributed by atoms with Gasteiger partial charge in [-0.2, -0.15) is 0 Å². The van der Waals surface area contributed by atoms with E-state index in [0.717, 1.165) is 0 Å². The second kappa shape index (κ2) is 3.99. The predicted molar refractivity (Wildman–Crippen MR) is 26.0 cm³/mol. The van der Waals surface area contributed by atoms with Gasteiger partial charge in [0, 0.05) is 6.42 Å². The van der Waals surface area contributed by atoms with E-state index in [1.807, 2.05) is 0 Å². The van der Waals surface area contributed by atoms with Crippen molar-refractivity contribution in [1.29, 1.82) is 0 Å². The van der Waals surface area contributed by atoms with Gasteiger partial charge in [0.25, 0.3) is 0 Å². The molecular formula is C3H5ClFNO. The Kier molecular flexibility index (Phi) is 3.89. The largest absolute Gasteiger partial charge is 0.251 e. The molecule has 0 aliphatic heterocycles. The third-order valence-corrected chi connectivity index (χ3v) is 0.760. The maximum Gasteiger partial charge on any atom is 0.168 e. The Bertz CT molecular complexity index is 60.9. The molecule has 0 aliphatic carbocycles. The van der Waals surface area contributed by atoms with Crippen molar-refractivity contribution >= 4 is 11.6 Å². The second-order valence-corrected chi connectivity index (χ2v) is 1.52. The van der Waals surface area contributed by atoms with Gasteiger partial charge >= 0.3 is 0 Å². The van der Waals surface area contributed by atoms with E-state index in [9.17, 15) is 9.30 Å². The summed E-state index contributed by atoms with van der Waals surface area (Å²) in [6, 6.07) is 0. The van der Waals surface area contributed by atoms with Gasteiger partial charge in [0.15, 0.2) is 5.50 Å². The third kappa shape index (κ3) is 3.66. The Morgan fingerprint density at radius 2 is 2.43 bits per heavy atom. The van der Waals surface area contributed by atoms with Gasteiger partial charge in [-0.25, -0.2) is 0 Å². The quantitative estimate of drug-likeness (QED) is 0.321. The number of alkyl halides is 2. The van der Waals surface area contributed by atoms with Crippen molar-refractivity contribution in [1.82, 2.24) is 0 Å². The molecule has 42 valence electrons. The standard InChI is InChI=1S/C3H5ClFNO/c4-3(6-7)1-2-5/h3H,1-2H2. The highest BCUT2D eigenvalue weighted by Gasteiger charge is 1.99. The van der Waals surface area contributed by atoms with Crippen molar-refractivity contribution in [3.05, 3.63) is 4.91 Å². The number of nitrogens with zero attached hydrogens (tertiary/aromatic N) is 1. The zero-order valence-electron chi connectivity index (χ0n) is 3.60. The number of rotatable bonds is 3. The molecule has 0 rings (SSSR count). The molecule has 1 unspecified atom stereocenters. The normalized spacial score (nSPS) is 13.4. The first-order valence-electron chi connectivity index (χ1n) is 1.83.